The van der Waals surface area contributed by atoms with Crippen molar-refractivity contribution >= 4 is 28.9 Å². The van der Waals surface area contributed by atoms with Crippen molar-refractivity contribution in [3.63, 3.8) is 0 Å². The Labute approximate surface area is 121 Å². The molecule has 0 spiro atoms. The topological polar surface area (TPSA) is 93.2 Å². The van der Waals surface area contributed by atoms with Crippen LogP contribution in [0.3, 0.4) is 0 Å². The minimum absolute atomic E-state index is 0.199. The molecule has 0 heterocycles. The van der Waals surface area contributed by atoms with E-state index in [4.69, 9.17) is 23.2 Å². The number of amides is 1. The van der Waals surface area contributed by atoms with E-state index in [1.165, 1.54) is 0 Å². The lowest BCUT2D eigenvalue weighted by atomic mass is 10.1. The van der Waals surface area contributed by atoms with Crippen molar-refractivity contribution in [2.45, 2.75) is 6.54 Å². The summed E-state index contributed by atoms with van der Waals surface area (Å²) in [5.74, 6) is 5.08. The maximum absolute atomic E-state index is 12.0. The zero-order valence-corrected chi connectivity index (χ0v) is 11.4. The van der Waals surface area contributed by atoms with Crippen LogP contribution < -0.4 is 22.3 Å². The molecule has 0 aliphatic carbocycles. The predicted molar refractivity (Wildman–Crippen MR) is 81.3 cm³/mol. The van der Waals surface area contributed by atoms with Crippen molar-refractivity contribution < 1.29 is 4.79 Å². The number of rotatable bonds is 4. The molecule has 0 atom stereocenters. The van der Waals surface area contributed by atoms with Gasteiger partial charge in [-0.3, -0.25) is 10.6 Å². The first-order chi connectivity index (χ1) is 9.60. The second-order valence-electron chi connectivity index (χ2n) is 4.26. The standard InChI is InChI=1S/C14H15ClN4O/c15-11-4-1-9(2-5-11)8-18-14(20)10-3-6-13(19-17)12(16)7-10/h1-7,19H,8,16-17H2,(H,18,20). The SMILES string of the molecule is NNc1ccc(C(=O)NCc2ccc(Cl)cc2)cc1N. The first kappa shape index (κ1) is 14.2. The number of nitrogens with one attached hydrogen (secondary N) is 2. The van der Waals surface area contributed by atoms with Crippen LogP contribution in [0.1, 0.15) is 15.9 Å². The number of carbonyl (C=O) groups is 1. The molecule has 6 N–H and O–H groups in total. The Hall–Kier alpha value is -2.24. The zero-order valence-electron chi connectivity index (χ0n) is 10.7. The molecule has 1 amide bonds. The molecule has 0 aliphatic rings. The molecular weight excluding hydrogens is 276 g/mol. The van der Waals surface area contributed by atoms with Gasteiger partial charge in [0.1, 0.15) is 0 Å². The lowest BCUT2D eigenvalue weighted by Gasteiger charge is -2.08. The zero-order chi connectivity index (χ0) is 14.5. The fourth-order valence-electron chi connectivity index (χ4n) is 1.72. The molecule has 0 radical (unpaired) electrons. The van der Waals surface area contributed by atoms with Gasteiger partial charge in [0.05, 0.1) is 11.4 Å². The van der Waals surface area contributed by atoms with E-state index >= 15 is 0 Å². The third kappa shape index (κ3) is 3.40. The lowest BCUT2D eigenvalue weighted by molar-refractivity contribution is 0.0951. The van der Waals surface area contributed by atoms with Crippen LogP contribution >= 0.6 is 11.6 Å². The molecule has 0 saturated heterocycles. The third-order valence-electron chi connectivity index (χ3n) is 2.84. The second kappa shape index (κ2) is 6.27. The Balaban J connectivity index is 2.01. The number of nitrogen functional groups attached to an aromatic ring is 2. The maximum atomic E-state index is 12.0. The van der Waals surface area contributed by atoms with Crippen LogP contribution in [0.15, 0.2) is 42.5 Å². The number of benzene rings is 2. The van der Waals surface area contributed by atoms with E-state index in [2.05, 4.69) is 10.7 Å². The Bertz CT molecular complexity index is 613. The molecule has 0 unspecified atom stereocenters. The highest BCUT2D eigenvalue weighted by Crippen LogP contribution is 2.18. The summed E-state index contributed by atoms with van der Waals surface area (Å²) in [4.78, 5) is 12.0. The van der Waals surface area contributed by atoms with Gasteiger partial charge in [0, 0.05) is 17.1 Å². The molecule has 2 aromatic carbocycles. The number of anilines is 2. The van der Waals surface area contributed by atoms with Gasteiger partial charge < -0.3 is 16.5 Å². The van der Waals surface area contributed by atoms with E-state index in [1.807, 2.05) is 12.1 Å². The molecule has 0 bridgehead atoms. The Morgan fingerprint density at radius 3 is 2.45 bits per heavy atom. The predicted octanol–water partition coefficient (Wildman–Crippen LogP) is 2.14. The molecule has 0 saturated carbocycles. The number of nitrogens with two attached hydrogens (primary N) is 2. The fourth-order valence-corrected chi connectivity index (χ4v) is 1.85. The molecule has 6 heteroatoms. The van der Waals surface area contributed by atoms with Gasteiger partial charge in [0.15, 0.2) is 0 Å². The summed E-state index contributed by atoms with van der Waals surface area (Å²) in [6.07, 6.45) is 0. The van der Waals surface area contributed by atoms with Gasteiger partial charge in [-0.25, -0.2) is 0 Å². The van der Waals surface area contributed by atoms with Gasteiger partial charge in [0.2, 0.25) is 0 Å². The molecule has 0 aromatic heterocycles. The van der Waals surface area contributed by atoms with Crippen LogP contribution in [0.25, 0.3) is 0 Å². The van der Waals surface area contributed by atoms with Crippen LogP contribution in [0.5, 0.6) is 0 Å². The van der Waals surface area contributed by atoms with Crippen molar-refractivity contribution in [2.24, 2.45) is 5.84 Å². The van der Waals surface area contributed by atoms with E-state index in [9.17, 15) is 4.79 Å². The minimum atomic E-state index is -0.199. The minimum Gasteiger partial charge on any atom is -0.397 e. The first-order valence-electron chi connectivity index (χ1n) is 5.99. The van der Waals surface area contributed by atoms with Crippen molar-refractivity contribution in [1.82, 2.24) is 5.32 Å². The monoisotopic (exact) mass is 290 g/mol. The van der Waals surface area contributed by atoms with Gasteiger partial charge in [0.25, 0.3) is 5.91 Å². The molecular formula is C14H15ClN4O. The average molecular weight is 291 g/mol. The molecule has 5 nitrogen and oxygen atoms in total. The number of hydrazine groups is 1. The van der Waals surface area contributed by atoms with Crippen LogP contribution in [0.4, 0.5) is 11.4 Å². The number of hydrogen-bond donors (Lipinski definition) is 4. The second-order valence-corrected chi connectivity index (χ2v) is 4.69. The number of carbonyl (C=O) groups excluding carboxylic acids is 1. The molecule has 104 valence electrons. The van der Waals surface area contributed by atoms with Crippen molar-refractivity contribution in [3.05, 3.63) is 58.6 Å². The highest BCUT2D eigenvalue weighted by Gasteiger charge is 2.07. The smallest absolute Gasteiger partial charge is 0.251 e. The molecule has 20 heavy (non-hydrogen) atoms. The van der Waals surface area contributed by atoms with Crippen molar-refractivity contribution in [1.29, 1.82) is 0 Å². The maximum Gasteiger partial charge on any atom is 0.251 e. The van der Waals surface area contributed by atoms with Crippen LogP contribution in [0.2, 0.25) is 5.02 Å². The Morgan fingerprint density at radius 2 is 1.85 bits per heavy atom. The highest BCUT2D eigenvalue weighted by molar-refractivity contribution is 6.30. The van der Waals surface area contributed by atoms with Gasteiger partial charge in [-0.05, 0) is 35.9 Å². The molecule has 0 fully saturated rings. The molecule has 0 aliphatic heterocycles. The van der Waals surface area contributed by atoms with Crippen molar-refractivity contribution in [2.75, 3.05) is 11.2 Å². The number of hydrogen-bond acceptors (Lipinski definition) is 4. The van der Waals surface area contributed by atoms with Crippen molar-refractivity contribution in [3.8, 4) is 0 Å². The van der Waals surface area contributed by atoms with Crippen LogP contribution in [-0.2, 0) is 6.54 Å². The summed E-state index contributed by atoms with van der Waals surface area (Å²) in [7, 11) is 0. The normalized spacial score (nSPS) is 10.1. The largest absolute Gasteiger partial charge is 0.397 e. The highest BCUT2D eigenvalue weighted by atomic mass is 35.5. The van der Waals surface area contributed by atoms with Crippen LogP contribution in [0, 0.1) is 0 Å². The summed E-state index contributed by atoms with van der Waals surface area (Å²) in [5.41, 5.74) is 10.7. The van der Waals surface area contributed by atoms with Crippen LogP contribution in [-0.4, -0.2) is 5.91 Å². The summed E-state index contributed by atoms with van der Waals surface area (Å²) in [6, 6.07) is 12.2. The van der Waals surface area contributed by atoms with E-state index < -0.39 is 0 Å². The molecule has 2 aromatic rings. The van der Waals surface area contributed by atoms with E-state index in [0.29, 0.717) is 28.5 Å². The first-order valence-corrected chi connectivity index (χ1v) is 6.36. The van der Waals surface area contributed by atoms with Gasteiger partial charge >= 0.3 is 0 Å². The summed E-state index contributed by atoms with van der Waals surface area (Å²) in [5, 5.41) is 3.47. The lowest BCUT2D eigenvalue weighted by Crippen LogP contribution is -2.23. The number of halogens is 1. The summed E-state index contributed by atoms with van der Waals surface area (Å²) in [6.45, 7) is 0.423. The van der Waals surface area contributed by atoms with E-state index in [0.717, 1.165) is 5.56 Å². The Morgan fingerprint density at radius 1 is 1.15 bits per heavy atom. The van der Waals surface area contributed by atoms with Gasteiger partial charge in [-0.2, -0.15) is 0 Å². The average Bonchev–Trinajstić information content (AvgIpc) is 2.46. The molecule has 2 rings (SSSR count). The summed E-state index contributed by atoms with van der Waals surface area (Å²) < 4.78 is 0. The fraction of sp³-hybridized carbons (Fsp3) is 0.0714. The van der Waals surface area contributed by atoms with E-state index in [-0.39, 0.29) is 5.91 Å². The third-order valence-corrected chi connectivity index (χ3v) is 3.09. The quantitative estimate of drug-likeness (QED) is 0.394. The van der Waals surface area contributed by atoms with E-state index in [1.54, 1.807) is 30.3 Å². The summed E-state index contributed by atoms with van der Waals surface area (Å²) >= 11 is 5.80. The Kier molecular flexibility index (Phi) is 4.45. The van der Waals surface area contributed by atoms with Gasteiger partial charge in [-0.15, -0.1) is 0 Å². The van der Waals surface area contributed by atoms with Gasteiger partial charge in [-0.1, -0.05) is 23.7 Å².